The van der Waals surface area contributed by atoms with Crippen LogP contribution in [0.25, 0.3) is 0 Å². The molecule has 0 aliphatic carbocycles. The summed E-state index contributed by atoms with van der Waals surface area (Å²) in [6.07, 6.45) is 1.41. The van der Waals surface area contributed by atoms with Gasteiger partial charge in [-0.2, -0.15) is 0 Å². The number of nitrogens with two attached hydrogens (primary N) is 1. The Balaban J connectivity index is 2.34. The summed E-state index contributed by atoms with van der Waals surface area (Å²) in [7, 11) is 0. The highest BCUT2D eigenvalue weighted by Gasteiger charge is 2.13. The molecule has 2 aromatic rings. The number of benzene rings is 1. The van der Waals surface area contributed by atoms with Crippen LogP contribution in [-0.2, 0) is 0 Å². The van der Waals surface area contributed by atoms with Crippen molar-refractivity contribution in [2.75, 3.05) is 11.1 Å². The first-order chi connectivity index (χ1) is 8.08. The molecule has 0 unspecified atom stereocenters. The molecule has 1 aromatic carbocycles. The summed E-state index contributed by atoms with van der Waals surface area (Å²) in [4.78, 5) is 3.85. The molecule has 1 aromatic heterocycles. The minimum Gasteiger partial charge on any atom is -0.399 e. The monoisotopic (exact) mass is 239 g/mol. The summed E-state index contributed by atoms with van der Waals surface area (Å²) >= 11 is 0. The van der Waals surface area contributed by atoms with E-state index in [4.69, 9.17) is 5.73 Å². The van der Waals surface area contributed by atoms with Crippen LogP contribution in [0.3, 0.4) is 0 Å². The maximum Gasteiger partial charge on any atom is 0.196 e. The van der Waals surface area contributed by atoms with Crippen LogP contribution in [0.1, 0.15) is 0 Å². The first-order valence-electron chi connectivity index (χ1n) is 4.70. The number of nitrogen functional groups attached to an aromatic ring is 1. The van der Waals surface area contributed by atoms with Crippen LogP contribution in [0.4, 0.5) is 30.4 Å². The van der Waals surface area contributed by atoms with E-state index in [1.165, 1.54) is 12.3 Å². The second kappa shape index (κ2) is 4.32. The molecule has 0 saturated heterocycles. The molecular formula is C11H8F3N3. The molecule has 88 valence electrons. The highest BCUT2D eigenvalue weighted by molar-refractivity contribution is 5.60. The lowest BCUT2D eigenvalue weighted by atomic mass is 10.2. The fourth-order valence-corrected chi connectivity index (χ4v) is 1.28. The van der Waals surface area contributed by atoms with Crippen molar-refractivity contribution in [3.8, 4) is 0 Å². The zero-order valence-corrected chi connectivity index (χ0v) is 8.55. The average molecular weight is 239 g/mol. The number of aromatic nitrogens is 1. The van der Waals surface area contributed by atoms with E-state index in [1.54, 1.807) is 6.07 Å². The zero-order chi connectivity index (χ0) is 12.4. The summed E-state index contributed by atoms with van der Waals surface area (Å²) < 4.78 is 38.9. The molecule has 1 heterocycles. The Kier molecular flexibility index (Phi) is 2.86. The van der Waals surface area contributed by atoms with E-state index in [9.17, 15) is 13.2 Å². The Morgan fingerprint density at radius 3 is 2.53 bits per heavy atom. The second-order valence-corrected chi connectivity index (χ2v) is 3.32. The SMILES string of the molecule is Nc1ccnc(Nc2ccc(F)c(F)c2F)c1. The van der Waals surface area contributed by atoms with E-state index in [-0.39, 0.29) is 11.5 Å². The van der Waals surface area contributed by atoms with E-state index in [1.807, 2.05) is 0 Å². The number of rotatable bonds is 2. The lowest BCUT2D eigenvalue weighted by molar-refractivity contribution is 0.449. The van der Waals surface area contributed by atoms with Gasteiger partial charge < -0.3 is 11.1 Å². The fourth-order valence-electron chi connectivity index (χ4n) is 1.28. The van der Waals surface area contributed by atoms with E-state index >= 15 is 0 Å². The molecule has 0 bridgehead atoms. The molecule has 0 aliphatic heterocycles. The van der Waals surface area contributed by atoms with Crippen LogP contribution in [0.5, 0.6) is 0 Å². The van der Waals surface area contributed by atoms with Gasteiger partial charge >= 0.3 is 0 Å². The molecule has 0 spiro atoms. The maximum absolute atomic E-state index is 13.3. The van der Waals surface area contributed by atoms with Gasteiger partial charge in [0.15, 0.2) is 17.5 Å². The summed E-state index contributed by atoms with van der Waals surface area (Å²) in [6, 6.07) is 4.90. The van der Waals surface area contributed by atoms with Gasteiger partial charge in [-0.25, -0.2) is 18.2 Å². The Bertz CT molecular complexity index is 558. The van der Waals surface area contributed by atoms with Gasteiger partial charge in [-0.05, 0) is 18.2 Å². The number of hydrogen-bond donors (Lipinski definition) is 2. The molecule has 6 heteroatoms. The Morgan fingerprint density at radius 1 is 1.06 bits per heavy atom. The zero-order valence-electron chi connectivity index (χ0n) is 8.55. The lowest BCUT2D eigenvalue weighted by Gasteiger charge is -2.07. The number of anilines is 3. The van der Waals surface area contributed by atoms with Gasteiger partial charge in [0.2, 0.25) is 0 Å². The molecule has 17 heavy (non-hydrogen) atoms. The van der Waals surface area contributed by atoms with Crippen molar-refractivity contribution in [2.45, 2.75) is 0 Å². The minimum absolute atomic E-state index is 0.206. The summed E-state index contributed by atoms with van der Waals surface area (Å²) in [5.41, 5.74) is 5.71. The number of nitrogens with one attached hydrogen (secondary N) is 1. The fraction of sp³-hybridized carbons (Fsp3) is 0. The Morgan fingerprint density at radius 2 is 1.82 bits per heavy atom. The summed E-state index contributed by atoms with van der Waals surface area (Å²) in [5, 5.41) is 2.51. The van der Waals surface area contributed by atoms with E-state index in [0.29, 0.717) is 5.69 Å². The highest BCUT2D eigenvalue weighted by Crippen LogP contribution is 2.23. The van der Waals surface area contributed by atoms with Crippen molar-refractivity contribution in [1.29, 1.82) is 0 Å². The minimum atomic E-state index is -1.53. The molecular weight excluding hydrogens is 231 g/mol. The number of hydrogen-bond acceptors (Lipinski definition) is 3. The highest BCUT2D eigenvalue weighted by atomic mass is 19.2. The number of nitrogens with zero attached hydrogens (tertiary/aromatic N) is 1. The molecule has 0 saturated carbocycles. The molecule has 0 aliphatic rings. The van der Waals surface area contributed by atoms with Crippen molar-refractivity contribution in [2.24, 2.45) is 0 Å². The van der Waals surface area contributed by atoms with E-state index in [0.717, 1.165) is 12.1 Å². The van der Waals surface area contributed by atoms with E-state index < -0.39 is 17.5 Å². The predicted octanol–water partition coefficient (Wildman–Crippen LogP) is 2.82. The molecule has 0 radical (unpaired) electrons. The third-order valence-electron chi connectivity index (χ3n) is 2.08. The maximum atomic E-state index is 13.3. The van der Waals surface area contributed by atoms with Crippen molar-refractivity contribution in [1.82, 2.24) is 4.98 Å². The summed E-state index contributed by atoms with van der Waals surface area (Å²) in [5.74, 6) is -3.82. The molecule has 3 N–H and O–H groups in total. The predicted molar refractivity (Wildman–Crippen MR) is 58.2 cm³/mol. The lowest BCUT2D eigenvalue weighted by Crippen LogP contribution is -2.00. The van der Waals surface area contributed by atoms with Gasteiger partial charge in [-0.3, -0.25) is 0 Å². The second-order valence-electron chi connectivity index (χ2n) is 3.32. The van der Waals surface area contributed by atoms with Crippen molar-refractivity contribution in [3.63, 3.8) is 0 Å². The van der Waals surface area contributed by atoms with Gasteiger partial charge in [-0.1, -0.05) is 0 Å². The van der Waals surface area contributed by atoms with Gasteiger partial charge in [-0.15, -0.1) is 0 Å². The number of halogens is 3. The van der Waals surface area contributed by atoms with Gasteiger partial charge in [0.25, 0.3) is 0 Å². The van der Waals surface area contributed by atoms with Gasteiger partial charge in [0, 0.05) is 18.0 Å². The quantitative estimate of drug-likeness (QED) is 0.792. The van der Waals surface area contributed by atoms with Crippen LogP contribution in [0.2, 0.25) is 0 Å². The average Bonchev–Trinajstić information content (AvgIpc) is 2.30. The van der Waals surface area contributed by atoms with Crippen LogP contribution >= 0.6 is 0 Å². The van der Waals surface area contributed by atoms with Gasteiger partial charge in [0.05, 0.1) is 5.69 Å². The van der Waals surface area contributed by atoms with E-state index in [2.05, 4.69) is 10.3 Å². The topological polar surface area (TPSA) is 50.9 Å². The first-order valence-corrected chi connectivity index (χ1v) is 4.70. The van der Waals surface area contributed by atoms with Crippen molar-refractivity contribution < 1.29 is 13.2 Å². The standard InChI is InChI=1S/C11H8F3N3/c12-7-1-2-8(11(14)10(7)13)17-9-5-6(15)3-4-16-9/h1-5H,(H3,15,16,17). The van der Waals surface area contributed by atoms with Crippen LogP contribution in [-0.4, -0.2) is 4.98 Å². The van der Waals surface area contributed by atoms with Crippen LogP contribution in [0.15, 0.2) is 30.5 Å². The molecule has 2 rings (SSSR count). The molecule has 3 nitrogen and oxygen atoms in total. The number of pyridine rings is 1. The van der Waals surface area contributed by atoms with Crippen molar-refractivity contribution in [3.05, 3.63) is 47.9 Å². The molecule has 0 amide bonds. The molecule has 0 fully saturated rings. The van der Waals surface area contributed by atoms with Crippen molar-refractivity contribution >= 4 is 17.2 Å². The van der Waals surface area contributed by atoms with Crippen LogP contribution in [0, 0.1) is 17.5 Å². The Labute approximate surface area is 95.1 Å². The third-order valence-corrected chi connectivity index (χ3v) is 2.08. The third kappa shape index (κ3) is 2.30. The summed E-state index contributed by atoms with van der Waals surface area (Å²) in [6.45, 7) is 0. The molecule has 0 atom stereocenters. The largest absolute Gasteiger partial charge is 0.399 e. The smallest absolute Gasteiger partial charge is 0.196 e. The normalized spacial score (nSPS) is 10.3. The van der Waals surface area contributed by atoms with Crippen LogP contribution < -0.4 is 11.1 Å². The Hall–Kier alpha value is -2.24. The first kappa shape index (κ1) is 11.3. The van der Waals surface area contributed by atoms with Gasteiger partial charge in [0.1, 0.15) is 5.82 Å².